The van der Waals surface area contributed by atoms with Gasteiger partial charge in [0.2, 0.25) is 0 Å². The maximum Gasteiger partial charge on any atom is 0.335 e. The molecule has 3 nitrogen and oxygen atoms in total. The van der Waals surface area contributed by atoms with Gasteiger partial charge in [0.25, 0.3) is 0 Å². The predicted molar refractivity (Wildman–Crippen MR) is 125 cm³/mol. The Morgan fingerprint density at radius 3 is 2.26 bits per heavy atom. The van der Waals surface area contributed by atoms with Gasteiger partial charge in [0.05, 0.1) is 5.56 Å². The largest absolute Gasteiger partial charge is 0.487 e. The molecule has 0 saturated heterocycles. The van der Waals surface area contributed by atoms with Crippen molar-refractivity contribution in [1.82, 2.24) is 0 Å². The van der Waals surface area contributed by atoms with Crippen molar-refractivity contribution >= 4 is 5.97 Å². The van der Waals surface area contributed by atoms with E-state index in [2.05, 4.69) is 63.2 Å². The SMILES string of the molecule is CC(C)Cc1ccc(C[C@@]2(C)CCc3ccc(-c4ccc(C(=O)O)cc4)cc3O2)cc1. The van der Waals surface area contributed by atoms with Crippen LogP contribution in [-0.2, 0) is 19.3 Å². The highest BCUT2D eigenvalue weighted by atomic mass is 16.5. The molecule has 0 spiro atoms. The van der Waals surface area contributed by atoms with Crippen molar-refractivity contribution in [3.05, 3.63) is 89.0 Å². The van der Waals surface area contributed by atoms with Gasteiger partial charge < -0.3 is 9.84 Å². The van der Waals surface area contributed by atoms with Crippen LogP contribution in [0.15, 0.2) is 66.7 Å². The van der Waals surface area contributed by atoms with Crippen molar-refractivity contribution in [3.8, 4) is 16.9 Å². The zero-order valence-corrected chi connectivity index (χ0v) is 18.5. The van der Waals surface area contributed by atoms with E-state index in [1.165, 1.54) is 16.7 Å². The number of benzene rings is 3. The van der Waals surface area contributed by atoms with Gasteiger partial charge in [-0.15, -0.1) is 0 Å². The summed E-state index contributed by atoms with van der Waals surface area (Å²) < 4.78 is 6.55. The Bertz CT molecular complexity index is 1060. The number of carboxylic acid groups (broad SMARTS) is 1. The molecule has 0 aromatic heterocycles. The first-order valence-corrected chi connectivity index (χ1v) is 11.0. The quantitative estimate of drug-likeness (QED) is 0.496. The van der Waals surface area contributed by atoms with Crippen LogP contribution in [0.5, 0.6) is 5.75 Å². The van der Waals surface area contributed by atoms with E-state index in [0.29, 0.717) is 11.5 Å². The average molecular weight is 415 g/mol. The minimum atomic E-state index is -0.909. The Morgan fingerprint density at radius 2 is 1.61 bits per heavy atom. The fraction of sp³-hybridized carbons (Fsp3) is 0.321. The first-order valence-electron chi connectivity index (χ1n) is 11.0. The number of rotatable bonds is 6. The van der Waals surface area contributed by atoms with Gasteiger partial charge >= 0.3 is 5.97 Å². The number of fused-ring (bicyclic) bond motifs is 1. The summed E-state index contributed by atoms with van der Waals surface area (Å²) in [5.41, 5.74) is 6.01. The van der Waals surface area contributed by atoms with Crippen LogP contribution in [-0.4, -0.2) is 16.7 Å². The molecule has 0 bridgehead atoms. The molecule has 1 aliphatic heterocycles. The second-order valence-electron chi connectivity index (χ2n) is 9.35. The van der Waals surface area contributed by atoms with Crippen LogP contribution in [0.2, 0.25) is 0 Å². The first-order chi connectivity index (χ1) is 14.8. The lowest BCUT2D eigenvalue weighted by Crippen LogP contribution is -2.38. The molecule has 0 fully saturated rings. The van der Waals surface area contributed by atoms with E-state index in [9.17, 15) is 4.79 Å². The molecule has 1 N–H and O–H groups in total. The summed E-state index contributed by atoms with van der Waals surface area (Å²) in [5.74, 6) is 0.689. The molecular formula is C28H30O3. The topological polar surface area (TPSA) is 46.5 Å². The highest BCUT2D eigenvalue weighted by Gasteiger charge is 2.32. The van der Waals surface area contributed by atoms with E-state index in [1.54, 1.807) is 12.1 Å². The van der Waals surface area contributed by atoms with Crippen molar-refractivity contribution in [2.75, 3.05) is 0 Å². The summed E-state index contributed by atoms with van der Waals surface area (Å²) in [5, 5.41) is 9.12. The van der Waals surface area contributed by atoms with Gasteiger partial charge in [-0.2, -0.15) is 0 Å². The second kappa shape index (κ2) is 8.58. The van der Waals surface area contributed by atoms with Gasteiger partial charge in [-0.3, -0.25) is 0 Å². The van der Waals surface area contributed by atoms with Crippen molar-refractivity contribution in [1.29, 1.82) is 0 Å². The normalized spacial score (nSPS) is 17.8. The van der Waals surface area contributed by atoms with Crippen molar-refractivity contribution in [2.45, 2.75) is 52.1 Å². The Hall–Kier alpha value is -3.07. The van der Waals surface area contributed by atoms with Crippen molar-refractivity contribution in [3.63, 3.8) is 0 Å². The molecule has 0 saturated carbocycles. The molecule has 3 aromatic rings. The lowest BCUT2D eigenvalue weighted by Gasteiger charge is -2.36. The summed E-state index contributed by atoms with van der Waals surface area (Å²) in [7, 11) is 0. The second-order valence-corrected chi connectivity index (χ2v) is 9.35. The highest BCUT2D eigenvalue weighted by molar-refractivity contribution is 5.88. The summed E-state index contributed by atoms with van der Waals surface area (Å²) >= 11 is 0. The molecule has 3 heteroatoms. The predicted octanol–water partition coefficient (Wildman–Crippen LogP) is 6.58. The monoisotopic (exact) mass is 414 g/mol. The standard InChI is InChI=1S/C28H30O3/c1-19(2)16-20-4-6-21(7-5-20)18-28(3)15-14-23-10-13-25(17-26(23)31-28)22-8-11-24(12-9-22)27(29)30/h4-13,17,19H,14-16,18H2,1-3H3,(H,29,30)/t28-/m1/s1. The minimum absolute atomic E-state index is 0.238. The Kier molecular flexibility index (Phi) is 5.86. The zero-order chi connectivity index (χ0) is 22.0. The molecule has 3 aromatic carbocycles. The lowest BCUT2D eigenvalue weighted by molar-refractivity contribution is 0.0654. The van der Waals surface area contributed by atoms with E-state index in [0.717, 1.165) is 42.6 Å². The summed E-state index contributed by atoms with van der Waals surface area (Å²) in [4.78, 5) is 11.1. The Balaban J connectivity index is 1.51. The van der Waals surface area contributed by atoms with Crippen LogP contribution in [0, 0.1) is 5.92 Å². The molecule has 0 aliphatic carbocycles. The van der Waals surface area contributed by atoms with Crippen LogP contribution < -0.4 is 4.74 Å². The fourth-order valence-corrected chi connectivity index (χ4v) is 4.38. The van der Waals surface area contributed by atoms with E-state index >= 15 is 0 Å². The molecule has 31 heavy (non-hydrogen) atoms. The zero-order valence-electron chi connectivity index (χ0n) is 18.5. The van der Waals surface area contributed by atoms with Gasteiger partial charge in [-0.05, 0) is 78.1 Å². The molecule has 0 amide bonds. The molecule has 1 aliphatic rings. The summed E-state index contributed by atoms with van der Waals surface area (Å²) in [6, 6.07) is 22.3. The third-order valence-corrected chi connectivity index (χ3v) is 6.06. The molecule has 1 heterocycles. The Labute approximate surface area is 184 Å². The molecule has 4 rings (SSSR count). The van der Waals surface area contributed by atoms with Crippen molar-refractivity contribution < 1.29 is 14.6 Å². The van der Waals surface area contributed by atoms with Crippen LogP contribution >= 0.6 is 0 Å². The van der Waals surface area contributed by atoms with Crippen LogP contribution in [0.25, 0.3) is 11.1 Å². The molecule has 0 unspecified atom stereocenters. The number of aromatic carboxylic acids is 1. The van der Waals surface area contributed by atoms with Gasteiger partial charge in [0.15, 0.2) is 0 Å². The van der Waals surface area contributed by atoms with E-state index in [-0.39, 0.29) is 5.60 Å². The van der Waals surface area contributed by atoms with Gasteiger partial charge in [0, 0.05) is 6.42 Å². The van der Waals surface area contributed by atoms with E-state index in [4.69, 9.17) is 9.84 Å². The molecule has 0 radical (unpaired) electrons. The summed E-state index contributed by atoms with van der Waals surface area (Å²) in [6.45, 7) is 6.69. The number of carbonyl (C=O) groups is 1. The highest BCUT2D eigenvalue weighted by Crippen LogP contribution is 2.38. The van der Waals surface area contributed by atoms with E-state index < -0.39 is 5.97 Å². The number of hydrogen-bond donors (Lipinski definition) is 1. The third-order valence-electron chi connectivity index (χ3n) is 6.06. The molecule has 160 valence electrons. The minimum Gasteiger partial charge on any atom is -0.487 e. The van der Waals surface area contributed by atoms with Crippen LogP contribution in [0.1, 0.15) is 54.2 Å². The first kappa shape index (κ1) is 21.2. The third kappa shape index (κ3) is 4.99. The number of hydrogen-bond acceptors (Lipinski definition) is 2. The average Bonchev–Trinajstić information content (AvgIpc) is 2.74. The number of ether oxygens (including phenoxy) is 1. The maximum absolute atomic E-state index is 11.1. The van der Waals surface area contributed by atoms with Gasteiger partial charge in [-0.1, -0.05) is 62.4 Å². The maximum atomic E-state index is 11.1. The molecule has 1 atom stereocenters. The van der Waals surface area contributed by atoms with Gasteiger partial charge in [0.1, 0.15) is 11.4 Å². The van der Waals surface area contributed by atoms with E-state index in [1.807, 2.05) is 12.1 Å². The number of carboxylic acids is 1. The fourth-order valence-electron chi connectivity index (χ4n) is 4.38. The van der Waals surface area contributed by atoms with Gasteiger partial charge in [-0.25, -0.2) is 4.79 Å². The number of aryl methyl sites for hydroxylation is 1. The van der Waals surface area contributed by atoms with Crippen LogP contribution in [0.3, 0.4) is 0 Å². The lowest BCUT2D eigenvalue weighted by atomic mass is 9.86. The smallest absolute Gasteiger partial charge is 0.335 e. The summed E-state index contributed by atoms with van der Waals surface area (Å²) in [6.07, 6.45) is 3.97. The van der Waals surface area contributed by atoms with Crippen LogP contribution in [0.4, 0.5) is 0 Å². The molecular weight excluding hydrogens is 384 g/mol. The van der Waals surface area contributed by atoms with Crippen molar-refractivity contribution in [2.24, 2.45) is 5.92 Å². The Morgan fingerprint density at radius 1 is 0.968 bits per heavy atom.